The third-order valence-electron chi connectivity index (χ3n) is 4.30. The van der Waals surface area contributed by atoms with Gasteiger partial charge in [-0.15, -0.1) is 11.3 Å². The zero-order valence-corrected chi connectivity index (χ0v) is 16.6. The SMILES string of the molecule is CCOC(=O)c1csc2ncn(C(C)C(=O)Nc3ccccc3C(F)(F)F)c(=O)c12. The Morgan fingerprint density at radius 1 is 1.30 bits per heavy atom. The van der Waals surface area contributed by atoms with Crippen LogP contribution in [0.4, 0.5) is 18.9 Å². The minimum Gasteiger partial charge on any atom is -0.462 e. The number of benzene rings is 1. The normalized spacial score (nSPS) is 12.6. The van der Waals surface area contributed by atoms with Crippen LogP contribution < -0.4 is 10.9 Å². The molecule has 0 saturated carbocycles. The Morgan fingerprint density at radius 3 is 2.67 bits per heavy atom. The third kappa shape index (κ3) is 4.06. The summed E-state index contributed by atoms with van der Waals surface area (Å²) in [5, 5.41) is 3.64. The van der Waals surface area contributed by atoms with E-state index in [9.17, 15) is 27.6 Å². The van der Waals surface area contributed by atoms with Crippen LogP contribution >= 0.6 is 11.3 Å². The first-order valence-electron chi connectivity index (χ1n) is 8.77. The molecule has 1 amide bonds. The molecule has 11 heteroatoms. The Hall–Kier alpha value is -3.21. The van der Waals surface area contributed by atoms with E-state index in [1.807, 2.05) is 0 Å². The highest BCUT2D eigenvalue weighted by Crippen LogP contribution is 2.34. The van der Waals surface area contributed by atoms with Crippen LogP contribution in [0.15, 0.2) is 40.8 Å². The average Bonchev–Trinajstić information content (AvgIpc) is 3.13. The summed E-state index contributed by atoms with van der Waals surface area (Å²) in [5.74, 6) is -1.54. The van der Waals surface area contributed by atoms with Gasteiger partial charge in [0.1, 0.15) is 10.9 Å². The zero-order chi connectivity index (χ0) is 22.1. The molecule has 0 saturated heterocycles. The number of fused-ring (bicyclic) bond motifs is 1. The van der Waals surface area contributed by atoms with Gasteiger partial charge in [-0.1, -0.05) is 12.1 Å². The predicted molar refractivity (Wildman–Crippen MR) is 105 cm³/mol. The number of hydrogen-bond donors (Lipinski definition) is 1. The van der Waals surface area contributed by atoms with Gasteiger partial charge >= 0.3 is 12.1 Å². The number of alkyl halides is 3. The number of carbonyl (C=O) groups is 2. The Morgan fingerprint density at radius 2 is 2.00 bits per heavy atom. The number of aromatic nitrogens is 2. The number of nitrogens with one attached hydrogen (secondary N) is 1. The van der Waals surface area contributed by atoms with E-state index in [0.717, 1.165) is 34.4 Å². The van der Waals surface area contributed by atoms with Crippen molar-refractivity contribution < 1.29 is 27.5 Å². The molecule has 3 rings (SSSR count). The van der Waals surface area contributed by atoms with Crippen molar-refractivity contribution in [2.75, 3.05) is 11.9 Å². The van der Waals surface area contributed by atoms with Crippen molar-refractivity contribution in [1.29, 1.82) is 0 Å². The van der Waals surface area contributed by atoms with Crippen molar-refractivity contribution in [2.24, 2.45) is 0 Å². The molecule has 158 valence electrons. The van der Waals surface area contributed by atoms with Gasteiger partial charge in [-0.3, -0.25) is 14.2 Å². The van der Waals surface area contributed by atoms with Gasteiger partial charge in [-0.25, -0.2) is 9.78 Å². The van der Waals surface area contributed by atoms with Crippen LogP contribution in [-0.4, -0.2) is 28.0 Å². The monoisotopic (exact) mass is 439 g/mol. The number of amides is 1. The lowest BCUT2D eigenvalue weighted by atomic mass is 10.1. The summed E-state index contributed by atoms with van der Waals surface area (Å²) in [5.41, 5.74) is -2.07. The number of ether oxygens (including phenoxy) is 1. The van der Waals surface area contributed by atoms with Gasteiger partial charge in [0, 0.05) is 5.38 Å². The van der Waals surface area contributed by atoms with Crippen molar-refractivity contribution in [3.63, 3.8) is 0 Å². The molecule has 0 fully saturated rings. The van der Waals surface area contributed by atoms with Crippen LogP contribution in [0, 0.1) is 0 Å². The summed E-state index contributed by atoms with van der Waals surface area (Å²) in [4.78, 5) is 41.9. The van der Waals surface area contributed by atoms with E-state index in [1.165, 1.54) is 24.4 Å². The van der Waals surface area contributed by atoms with E-state index in [4.69, 9.17) is 4.74 Å². The fourth-order valence-corrected chi connectivity index (χ4v) is 3.65. The Balaban J connectivity index is 1.96. The Labute approximate surface area is 172 Å². The first-order valence-corrected chi connectivity index (χ1v) is 9.65. The standard InChI is InChI=1S/C19H16F3N3O4S/c1-3-29-18(28)11-8-30-16-14(11)17(27)25(9-23-16)10(2)15(26)24-13-7-5-4-6-12(13)19(20,21)22/h4-10H,3H2,1-2H3,(H,24,26). The number of para-hydroxylation sites is 1. The second-order valence-corrected chi connectivity index (χ2v) is 7.07. The van der Waals surface area contributed by atoms with Crippen molar-refractivity contribution >= 4 is 39.1 Å². The third-order valence-corrected chi connectivity index (χ3v) is 5.19. The van der Waals surface area contributed by atoms with Crippen molar-refractivity contribution in [3.8, 4) is 0 Å². The molecule has 0 aliphatic carbocycles. The van der Waals surface area contributed by atoms with E-state index in [1.54, 1.807) is 6.92 Å². The molecule has 0 radical (unpaired) electrons. The smallest absolute Gasteiger partial charge is 0.418 e. The predicted octanol–water partition coefficient (Wildman–Crippen LogP) is 3.85. The van der Waals surface area contributed by atoms with Crippen LogP contribution in [0.25, 0.3) is 10.2 Å². The van der Waals surface area contributed by atoms with Crippen LogP contribution in [0.2, 0.25) is 0 Å². The summed E-state index contributed by atoms with van der Waals surface area (Å²) >= 11 is 1.07. The summed E-state index contributed by atoms with van der Waals surface area (Å²) in [6.07, 6.45) is -3.54. The summed E-state index contributed by atoms with van der Waals surface area (Å²) in [6, 6.07) is 3.34. The van der Waals surface area contributed by atoms with E-state index in [-0.39, 0.29) is 22.4 Å². The van der Waals surface area contributed by atoms with Crippen LogP contribution in [-0.2, 0) is 15.7 Å². The first kappa shape index (κ1) is 21.5. The number of halogens is 3. The van der Waals surface area contributed by atoms with Gasteiger partial charge < -0.3 is 10.1 Å². The first-order chi connectivity index (χ1) is 14.1. The maximum atomic E-state index is 13.1. The molecule has 30 heavy (non-hydrogen) atoms. The molecule has 0 spiro atoms. The molecule has 3 aromatic rings. The average molecular weight is 439 g/mol. The highest BCUT2D eigenvalue weighted by Gasteiger charge is 2.34. The molecule has 2 aromatic heterocycles. The summed E-state index contributed by atoms with van der Waals surface area (Å²) in [7, 11) is 0. The molecule has 1 unspecified atom stereocenters. The molecule has 1 N–H and O–H groups in total. The quantitative estimate of drug-likeness (QED) is 0.610. The van der Waals surface area contributed by atoms with Gasteiger partial charge in [0.2, 0.25) is 5.91 Å². The maximum absolute atomic E-state index is 13.1. The molecular weight excluding hydrogens is 423 g/mol. The fourth-order valence-electron chi connectivity index (χ4n) is 2.78. The Bertz CT molecular complexity index is 1170. The number of carbonyl (C=O) groups excluding carboxylic acids is 2. The van der Waals surface area contributed by atoms with Crippen LogP contribution in [0.5, 0.6) is 0 Å². The summed E-state index contributed by atoms with van der Waals surface area (Å²) in [6.45, 7) is 3.08. The molecule has 1 aromatic carbocycles. The molecule has 2 heterocycles. The number of anilines is 1. The second-order valence-electron chi connectivity index (χ2n) is 6.22. The van der Waals surface area contributed by atoms with Gasteiger partial charge in [0.15, 0.2) is 0 Å². The lowest BCUT2D eigenvalue weighted by molar-refractivity contribution is -0.137. The molecule has 7 nitrogen and oxygen atoms in total. The zero-order valence-electron chi connectivity index (χ0n) is 15.8. The number of hydrogen-bond acceptors (Lipinski definition) is 6. The molecule has 0 aliphatic heterocycles. The van der Waals surface area contributed by atoms with E-state index in [2.05, 4.69) is 10.3 Å². The molecule has 0 bridgehead atoms. The fraction of sp³-hybridized carbons (Fsp3) is 0.263. The topological polar surface area (TPSA) is 90.3 Å². The lowest BCUT2D eigenvalue weighted by Crippen LogP contribution is -2.32. The van der Waals surface area contributed by atoms with Crippen LogP contribution in [0.3, 0.4) is 0 Å². The van der Waals surface area contributed by atoms with Crippen molar-refractivity contribution in [2.45, 2.75) is 26.1 Å². The number of thiophene rings is 1. The number of rotatable bonds is 5. The van der Waals surface area contributed by atoms with Gasteiger partial charge in [-0.2, -0.15) is 13.2 Å². The minimum absolute atomic E-state index is 0.00343. The van der Waals surface area contributed by atoms with E-state index >= 15 is 0 Å². The molecule has 0 aliphatic rings. The lowest BCUT2D eigenvalue weighted by Gasteiger charge is -2.17. The Kier molecular flexibility index (Phi) is 5.92. The highest BCUT2D eigenvalue weighted by atomic mass is 32.1. The van der Waals surface area contributed by atoms with E-state index in [0.29, 0.717) is 0 Å². The number of esters is 1. The maximum Gasteiger partial charge on any atom is 0.418 e. The minimum atomic E-state index is -4.66. The summed E-state index contributed by atoms with van der Waals surface area (Å²) < 4.78 is 45.3. The van der Waals surface area contributed by atoms with Gasteiger partial charge in [-0.05, 0) is 26.0 Å². The van der Waals surface area contributed by atoms with E-state index < -0.39 is 40.9 Å². The van der Waals surface area contributed by atoms with Crippen LogP contribution in [0.1, 0.15) is 35.8 Å². The second kappa shape index (κ2) is 8.27. The van der Waals surface area contributed by atoms with Gasteiger partial charge in [0.05, 0.1) is 35.1 Å². The molecular formula is C19H16F3N3O4S. The van der Waals surface area contributed by atoms with Crippen molar-refractivity contribution in [1.82, 2.24) is 9.55 Å². The van der Waals surface area contributed by atoms with Crippen molar-refractivity contribution in [3.05, 3.63) is 57.5 Å². The van der Waals surface area contributed by atoms with Gasteiger partial charge in [0.25, 0.3) is 5.56 Å². The number of nitrogens with zero attached hydrogens (tertiary/aromatic N) is 2. The largest absolute Gasteiger partial charge is 0.462 e. The molecule has 1 atom stereocenters. The highest BCUT2D eigenvalue weighted by molar-refractivity contribution is 7.17.